The fraction of sp³-hybridized carbons (Fsp3) is 0.833. The van der Waals surface area contributed by atoms with Crippen LogP contribution in [0.5, 0.6) is 0 Å². The lowest BCUT2D eigenvalue weighted by molar-refractivity contribution is 0.256. The van der Waals surface area contributed by atoms with Gasteiger partial charge in [0, 0.05) is 12.6 Å². The van der Waals surface area contributed by atoms with E-state index in [0.717, 1.165) is 12.0 Å². The molecule has 0 amide bonds. The lowest BCUT2D eigenvalue weighted by Gasteiger charge is -2.22. The van der Waals surface area contributed by atoms with Crippen LogP contribution in [0.15, 0.2) is 11.6 Å². The monoisotopic (exact) mass is 179 g/mol. The molecule has 0 radical (unpaired) electrons. The van der Waals surface area contributed by atoms with E-state index in [1.807, 2.05) is 0 Å². The number of nitrogens with zero attached hydrogens (tertiary/aromatic N) is 1. The molecule has 1 atom stereocenters. The van der Waals surface area contributed by atoms with E-state index in [1.165, 1.54) is 44.3 Å². The van der Waals surface area contributed by atoms with Crippen molar-refractivity contribution in [2.45, 2.75) is 45.6 Å². The fourth-order valence-electron chi connectivity index (χ4n) is 2.39. The zero-order chi connectivity index (χ0) is 9.26. The topological polar surface area (TPSA) is 3.24 Å². The highest BCUT2D eigenvalue weighted by Crippen LogP contribution is 2.39. The molecule has 1 aliphatic heterocycles. The summed E-state index contributed by atoms with van der Waals surface area (Å²) in [6.07, 6.45) is 8.26. The van der Waals surface area contributed by atoms with Crippen molar-refractivity contribution in [3.63, 3.8) is 0 Å². The van der Waals surface area contributed by atoms with E-state index in [2.05, 4.69) is 24.8 Å². The average Bonchev–Trinajstić information content (AvgIpc) is 2.82. The normalized spacial score (nSPS) is 29.2. The third-order valence-corrected chi connectivity index (χ3v) is 3.31. The average molecular weight is 179 g/mol. The second kappa shape index (κ2) is 3.83. The summed E-state index contributed by atoms with van der Waals surface area (Å²) >= 11 is 0. The third kappa shape index (κ3) is 2.34. The van der Waals surface area contributed by atoms with Gasteiger partial charge in [-0.25, -0.2) is 0 Å². The summed E-state index contributed by atoms with van der Waals surface area (Å²) in [4.78, 5) is 2.69. The van der Waals surface area contributed by atoms with Crippen molar-refractivity contribution in [3.05, 3.63) is 11.6 Å². The van der Waals surface area contributed by atoms with Gasteiger partial charge in [-0.3, -0.25) is 4.90 Å². The van der Waals surface area contributed by atoms with Crippen LogP contribution in [0.3, 0.4) is 0 Å². The van der Waals surface area contributed by atoms with Crippen molar-refractivity contribution in [1.29, 1.82) is 0 Å². The number of allylic oxidation sites excluding steroid dienone is 1. The molecule has 1 saturated carbocycles. The Bertz CT molecular complexity index is 199. The van der Waals surface area contributed by atoms with E-state index in [-0.39, 0.29) is 0 Å². The fourth-order valence-corrected chi connectivity index (χ4v) is 2.39. The smallest absolute Gasteiger partial charge is 0.0168 e. The molecule has 0 aromatic rings. The van der Waals surface area contributed by atoms with Crippen LogP contribution in [0, 0.1) is 5.92 Å². The highest BCUT2D eigenvalue weighted by atomic mass is 15.2. The van der Waals surface area contributed by atoms with Gasteiger partial charge in [0.2, 0.25) is 0 Å². The first-order chi connectivity index (χ1) is 6.27. The van der Waals surface area contributed by atoms with E-state index < -0.39 is 0 Å². The maximum Gasteiger partial charge on any atom is 0.0168 e. The number of likely N-dealkylation sites (tertiary alicyclic amines) is 1. The van der Waals surface area contributed by atoms with Crippen molar-refractivity contribution < 1.29 is 0 Å². The predicted molar refractivity (Wildman–Crippen MR) is 56.8 cm³/mol. The van der Waals surface area contributed by atoms with Crippen LogP contribution >= 0.6 is 0 Å². The van der Waals surface area contributed by atoms with Gasteiger partial charge >= 0.3 is 0 Å². The standard InChI is InChI=1S/C12H21N/c1-10(2)7-9-13-8-3-4-12(13)11-5-6-11/h7,11-12H,3-6,8-9H2,1-2H3. The highest BCUT2D eigenvalue weighted by Gasteiger charge is 2.37. The molecule has 0 spiro atoms. The Morgan fingerprint density at radius 1 is 1.31 bits per heavy atom. The van der Waals surface area contributed by atoms with Crippen LogP contribution in [0.25, 0.3) is 0 Å². The lowest BCUT2D eigenvalue weighted by atomic mass is 10.1. The summed E-state index contributed by atoms with van der Waals surface area (Å²) in [7, 11) is 0. The Labute approximate surface area is 81.8 Å². The maximum absolute atomic E-state index is 2.69. The first kappa shape index (κ1) is 9.26. The quantitative estimate of drug-likeness (QED) is 0.602. The first-order valence-electron chi connectivity index (χ1n) is 5.65. The molecule has 0 aromatic carbocycles. The molecule has 1 aliphatic carbocycles. The van der Waals surface area contributed by atoms with Gasteiger partial charge in [-0.15, -0.1) is 0 Å². The molecule has 74 valence electrons. The molecule has 0 bridgehead atoms. The minimum Gasteiger partial charge on any atom is -0.296 e. The molecule has 0 N–H and O–H groups in total. The van der Waals surface area contributed by atoms with E-state index in [0.29, 0.717) is 0 Å². The Hall–Kier alpha value is -0.300. The van der Waals surface area contributed by atoms with Gasteiger partial charge in [0.05, 0.1) is 0 Å². The van der Waals surface area contributed by atoms with Gasteiger partial charge in [-0.1, -0.05) is 11.6 Å². The predicted octanol–water partition coefficient (Wildman–Crippen LogP) is 2.83. The molecule has 1 heterocycles. The molecule has 13 heavy (non-hydrogen) atoms. The molecule has 1 heteroatoms. The number of hydrogen-bond donors (Lipinski definition) is 0. The van der Waals surface area contributed by atoms with Crippen molar-refractivity contribution in [1.82, 2.24) is 4.90 Å². The van der Waals surface area contributed by atoms with Gasteiger partial charge in [0.1, 0.15) is 0 Å². The molecule has 2 fully saturated rings. The highest BCUT2D eigenvalue weighted by molar-refractivity contribution is 4.99. The SMILES string of the molecule is CC(C)=CCN1CCCC1C1CC1. The molecule has 2 aliphatic rings. The summed E-state index contributed by atoms with van der Waals surface area (Å²) in [5.74, 6) is 1.06. The minimum atomic E-state index is 0.940. The van der Waals surface area contributed by atoms with Gasteiger partial charge in [0.25, 0.3) is 0 Å². The lowest BCUT2D eigenvalue weighted by Crippen LogP contribution is -2.31. The summed E-state index contributed by atoms with van der Waals surface area (Å²) in [6.45, 7) is 6.93. The van der Waals surface area contributed by atoms with E-state index in [1.54, 1.807) is 0 Å². The van der Waals surface area contributed by atoms with Crippen LogP contribution < -0.4 is 0 Å². The largest absolute Gasteiger partial charge is 0.296 e. The second-order valence-corrected chi connectivity index (χ2v) is 4.82. The van der Waals surface area contributed by atoms with Crippen LogP contribution in [0.1, 0.15) is 39.5 Å². The van der Waals surface area contributed by atoms with Crippen molar-refractivity contribution in [2.75, 3.05) is 13.1 Å². The molecule has 1 saturated heterocycles. The van der Waals surface area contributed by atoms with Crippen molar-refractivity contribution in [2.24, 2.45) is 5.92 Å². The number of rotatable bonds is 3. The molecule has 0 aromatic heterocycles. The maximum atomic E-state index is 2.69. The van der Waals surface area contributed by atoms with Gasteiger partial charge < -0.3 is 0 Å². The summed E-state index contributed by atoms with van der Waals surface area (Å²) < 4.78 is 0. The minimum absolute atomic E-state index is 0.940. The summed E-state index contributed by atoms with van der Waals surface area (Å²) in [5, 5.41) is 0. The third-order valence-electron chi connectivity index (χ3n) is 3.31. The summed E-state index contributed by atoms with van der Waals surface area (Å²) in [6, 6.07) is 0.940. The Morgan fingerprint density at radius 2 is 2.08 bits per heavy atom. The first-order valence-corrected chi connectivity index (χ1v) is 5.65. The zero-order valence-corrected chi connectivity index (χ0v) is 8.92. The molecular formula is C12H21N. The van der Waals surface area contributed by atoms with Gasteiger partial charge in [-0.05, 0) is 52.0 Å². The van der Waals surface area contributed by atoms with Crippen molar-refractivity contribution in [3.8, 4) is 0 Å². The Kier molecular flexibility index (Phi) is 2.73. The van der Waals surface area contributed by atoms with Crippen molar-refractivity contribution >= 4 is 0 Å². The van der Waals surface area contributed by atoms with E-state index in [9.17, 15) is 0 Å². The van der Waals surface area contributed by atoms with E-state index in [4.69, 9.17) is 0 Å². The Balaban J connectivity index is 1.86. The van der Waals surface area contributed by atoms with Gasteiger partial charge in [0.15, 0.2) is 0 Å². The number of hydrogen-bond acceptors (Lipinski definition) is 1. The van der Waals surface area contributed by atoms with E-state index >= 15 is 0 Å². The van der Waals surface area contributed by atoms with Gasteiger partial charge in [-0.2, -0.15) is 0 Å². The summed E-state index contributed by atoms with van der Waals surface area (Å²) in [5.41, 5.74) is 1.46. The van der Waals surface area contributed by atoms with Crippen LogP contribution in [-0.2, 0) is 0 Å². The van der Waals surface area contributed by atoms with Crippen LogP contribution in [-0.4, -0.2) is 24.0 Å². The second-order valence-electron chi connectivity index (χ2n) is 4.82. The molecule has 1 unspecified atom stereocenters. The van der Waals surface area contributed by atoms with Crippen LogP contribution in [0.4, 0.5) is 0 Å². The van der Waals surface area contributed by atoms with Crippen LogP contribution in [0.2, 0.25) is 0 Å². The molecule has 2 rings (SSSR count). The Morgan fingerprint density at radius 3 is 2.69 bits per heavy atom. The molecular weight excluding hydrogens is 158 g/mol. The zero-order valence-electron chi connectivity index (χ0n) is 8.92. The molecule has 1 nitrogen and oxygen atoms in total.